The fourth-order valence-corrected chi connectivity index (χ4v) is 3.76. The van der Waals surface area contributed by atoms with E-state index < -0.39 is 16.7 Å². The standard InChI is InChI=1S/C25H21N3O5/c1-3-33-21-12-8-7-11-20(21)27-24(29)22(17-13-15-19(16-14-17)28(31)32)23(25(27)30)26(2)18-9-5-4-6-10-18/h4-16H,3H2,1-2H3. The number of carbonyl (C=O) groups is 2. The maximum Gasteiger partial charge on any atom is 0.282 e. The van der Waals surface area contributed by atoms with E-state index in [2.05, 4.69) is 0 Å². The summed E-state index contributed by atoms with van der Waals surface area (Å²) in [6.07, 6.45) is 0. The highest BCUT2D eigenvalue weighted by Crippen LogP contribution is 2.39. The predicted octanol–water partition coefficient (Wildman–Crippen LogP) is 4.41. The summed E-state index contributed by atoms with van der Waals surface area (Å²) >= 11 is 0. The molecular formula is C25H21N3O5. The molecule has 0 spiro atoms. The molecule has 33 heavy (non-hydrogen) atoms. The van der Waals surface area contributed by atoms with Crippen molar-refractivity contribution in [1.29, 1.82) is 0 Å². The van der Waals surface area contributed by atoms with Gasteiger partial charge in [-0.2, -0.15) is 0 Å². The van der Waals surface area contributed by atoms with Gasteiger partial charge in [-0.25, -0.2) is 4.90 Å². The quantitative estimate of drug-likeness (QED) is 0.305. The molecule has 0 saturated carbocycles. The number of nitro groups is 1. The molecule has 1 aliphatic heterocycles. The van der Waals surface area contributed by atoms with E-state index in [0.717, 1.165) is 4.90 Å². The zero-order valence-electron chi connectivity index (χ0n) is 18.1. The molecule has 3 aromatic rings. The number of imide groups is 1. The molecule has 0 fully saturated rings. The van der Waals surface area contributed by atoms with Crippen LogP contribution in [0.5, 0.6) is 5.75 Å². The van der Waals surface area contributed by atoms with Gasteiger partial charge in [0, 0.05) is 24.9 Å². The number of anilines is 2. The Morgan fingerprint density at radius 2 is 1.55 bits per heavy atom. The number of likely N-dealkylation sites (N-methyl/N-ethyl adjacent to an activating group) is 1. The molecule has 3 aromatic carbocycles. The Morgan fingerprint density at radius 1 is 0.909 bits per heavy atom. The van der Waals surface area contributed by atoms with Crippen LogP contribution in [0.3, 0.4) is 0 Å². The molecule has 2 amide bonds. The van der Waals surface area contributed by atoms with E-state index in [9.17, 15) is 19.7 Å². The summed E-state index contributed by atoms with van der Waals surface area (Å²) in [7, 11) is 1.71. The highest BCUT2D eigenvalue weighted by Gasteiger charge is 2.43. The lowest BCUT2D eigenvalue weighted by molar-refractivity contribution is -0.384. The number of nitro benzene ring substituents is 1. The van der Waals surface area contributed by atoms with Crippen LogP contribution in [0, 0.1) is 10.1 Å². The number of rotatable bonds is 7. The minimum absolute atomic E-state index is 0.104. The average molecular weight is 443 g/mol. The number of non-ortho nitro benzene ring substituents is 1. The lowest BCUT2D eigenvalue weighted by Crippen LogP contribution is -2.34. The van der Waals surface area contributed by atoms with Gasteiger partial charge in [-0.15, -0.1) is 0 Å². The second-order valence-corrected chi connectivity index (χ2v) is 7.27. The molecule has 8 heteroatoms. The SMILES string of the molecule is CCOc1ccccc1N1C(=O)C(c2ccc([N+](=O)[O-])cc2)=C(N(C)c2ccccc2)C1=O. The second kappa shape index (κ2) is 8.96. The van der Waals surface area contributed by atoms with Crippen molar-refractivity contribution >= 4 is 34.4 Å². The van der Waals surface area contributed by atoms with Gasteiger partial charge in [-0.3, -0.25) is 19.7 Å². The largest absolute Gasteiger partial charge is 0.492 e. The monoisotopic (exact) mass is 443 g/mol. The van der Waals surface area contributed by atoms with Crippen molar-refractivity contribution in [2.75, 3.05) is 23.5 Å². The van der Waals surface area contributed by atoms with Crippen LogP contribution in [-0.2, 0) is 9.59 Å². The minimum atomic E-state index is -0.529. The number of benzene rings is 3. The zero-order chi connectivity index (χ0) is 23.5. The highest BCUT2D eigenvalue weighted by molar-refractivity contribution is 6.46. The zero-order valence-corrected chi connectivity index (χ0v) is 18.1. The molecule has 1 heterocycles. The molecule has 0 unspecified atom stereocenters. The van der Waals surface area contributed by atoms with Crippen molar-refractivity contribution in [3.05, 3.63) is 100 Å². The fraction of sp³-hybridized carbons (Fsp3) is 0.120. The summed E-state index contributed by atoms with van der Waals surface area (Å²) in [6, 6.07) is 21.6. The summed E-state index contributed by atoms with van der Waals surface area (Å²) in [4.78, 5) is 40.7. The third-order valence-corrected chi connectivity index (χ3v) is 5.31. The molecule has 0 aliphatic carbocycles. The molecular weight excluding hydrogens is 422 g/mol. The Morgan fingerprint density at radius 3 is 2.18 bits per heavy atom. The first kappa shape index (κ1) is 21.8. The van der Waals surface area contributed by atoms with Crippen LogP contribution >= 0.6 is 0 Å². The first-order valence-corrected chi connectivity index (χ1v) is 10.3. The van der Waals surface area contributed by atoms with Crippen LogP contribution in [0.25, 0.3) is 5.57 Å². The molecule has 0 aromatic heterocycles. The lowest BCUT2D eigenvalue weighted by atomic mass is 10.0. The Balaban J connectivity index is 1.88. The predicted molar refractivity (Wildman–Crippen MR) is 125 cm³/mol. The lowest BCUT2D eigenvalue weighted by Gasteiger charge is -2.22. The third-order valence-electron chi connectivity index (χ3n) is 5.31. The van der Waals surface area contributed by atoms with E-state index in [0.29, 0.717) is 29.3 Å². The summed E-state index contributed by atoms with van der Waals surface area (Å²) < 4.78 is 5.66. The maximum absolute atomic E-state index is 13.7. The van der Waals surface area contributed by atoms with Gasteiger partial charge in [-0.05, 0) is 48.9 Å². The summed E-state index contributed by atoms with van der Waals surface area (Å²) in [5, 5.41) is 11.1. The van der Waals surface area contributed by atoms with Gasteiger partial charge in [0.15, 0.2) is 0 Å². The van der Waals surface area contributed by atoms with Crippen LogP contribution in [0.4, 0.5) is 17.1 Å². The van der Waals surface area contributed by atoms with Gasteiger partial charge in [0.05, 0.1) is 22.8 Å². The van der Waals surface area contributed by atoms with Crippen molar-refractivity contribution in [2.45, 2.75) is 6.92 Å². The molecule has 0 atom stereocenters. The highest BCUT2D eigenvalue weighted by atomic mass is 16.6. The molecule has 0 radical (unpaired) electrons. The normalized spacial score (nSPS) is 13.5. The number of amides is 2. The molecule has 166 valence electrons. The number of para-hydroxylation sites is 3. The number of nitrogens with zero attached hydrogens (tertiary/aromatic N) is 3. The third kappa shape index (κ3) is 3.94. The summed E-state index contributed by atoms with van der Waals surface area (Å²) in [5.74, 6) is -0.626. The van der Waals surface area contributed by atoms with E-state index in [4.69, 9.17) is 4.74 Å². The van der Waals surface area contributed by atoms with E-state index in [1.807, 2.05) is 37.3 Å². The molecule has 0 saturated heterocycles. The van der Waals surface area contributed by atoms with Crippen LogP contribution in [0.15, 0.2) is 84.6 Å². The van der Waals surface area contributed by atoms with E-state index >= 15 is 0 Å². The smallest absolute Gasteiger partial charge is 0.282 e. The molecule has 0 bridgehead atoms. The molecule has 1 aliphatic rings. The average Bonchev–Trinajstić information content (AvgIpc) is 3.09. The van der Waals surface area contributed by atoms with Crippen molar-refractivity contribution in [3.8, 4) is 5.75 Å². The number of hydrogen-bond donors (Lipinski definition) is 0. The number of carbonyl (C=O) groups excluding carboxylic acids is 2. The summed E-state index contributed by atoms with van der Waals surface area (Å²) in [6.45, 7) is 2.19. The van der Waals surface area contributed by atoms with Crippen LogP contribution in [-0.4, -0.2) is 30.4 Å². The number of hydrogen-bond acceptors (Lipinski definition) is 6. The number of ether oxygens (including phenoxy) is 1. The second-order valence-electron chi connectivity index (χ2n) is 7.27. The van der Waals surface area contributed by atoms with Gasteiger partial charge in [-0.1, -0.05) is 30.3 Å². The van der Waals surface area contributed by atoms with E-state index in [-0.39, 0.29) is 17.0 Å². The maximum atomic E-state index is 13.7. The Hall–Kier alpha value is -4.46. The van der Waals surface area contributed by atoms with Crippen molar-refractivity contribution in [1.82, 2.24) is 0 Å². The molecule has 4 rings (SSSR count). The fourth-order valence-electron chi connectivity index (χ4n) is 3.76. The van der Waals surface area contributed by atoms with Crippen molar-refractivity contribution in [3.63, 3.8) is 0 Å². The summed E-state index contributed by atoms with van der Waals surface area (Å²) in [5.41, 5.74) is 1.69. The molecule has 0 N–H and O–H groups in total. The first-order valence-electron chi connectivity index (χ1n) is 10.3. The van der Waals surface area contributed by atoms with Gasteiger partial charge in [0.25, 0.3) is 17.5 Å². The van der Waals surface area contributed by atoms with Crippen LogP contribution in [0.1, 0.15) is 12.5 Å². The van der Waals surface area contributed by atoms with Crippen LogP contribution in [0.2, 0.25) is 0 Å². The Labute approximate surface area is 190 Å². The van der Waals surface area contributed by atoms with Crippen molar-refractivity contribution in [2.24, 2.45) is 0 Å². The topological polar surface area (TPSA) is 93.0 Å². The Bertz CT molecular complexity index is 1250. The van der Waals surface area contributed by atoms with Crippen LogP contribution < -0.4 is 14.5 Å². The van der Waals surface area contributed by atoms with Gasteiger partial charge in [0.2, 0.25) is 0 Å². The van der Waals surface area contributed by atoms with Gasteiger partial charge >= 0.3 is 0 Å². The van der Waals surface area contributed by atoms with Gasteiger partial charge in [0.1, 0.15) is 11.4 Å². The molecule has 8 nitrogen and oxygen atoms in total. The first-order chi connectivity index (χ1) is 15.9. The van der Waals surface area contributed by atoms with E-state index in [1.165, 1.54) is 24.3 Å². The van der Waals surface area contributed by atoms with Crippen molar-refractivity contribution < 1.29 is 19.2 Å². The minimum Gasteiger partial charge on any atom is -0.492 e. The van der Waals surface area contributed by atoms with Gasteiger partial charge < -0.3 is 9.64 Å². The van der Waals surface area contributed by atoms with E-state index in [1.54, 1.807) is 36.2 Å². The Kier molecular flexibility index (Phi) is 5.91.